The maximum absolute atomic E-state index is 5.86. The molecule has 0 fully saturated rings. The first kappa shape index (κ1) is 17.1. The average molecular weight is 351 g/mol. The standard InChI is InChI=1S/C21H18N2O.ClH/c1-23-20-6-4-3-5-18(20)17-12-11-16(24-2)13-19(17)21(23)14-7-9-15(22)10-8-14;/h3-13,22H,1-2H3;1H. The first-order chi connectivity index (χ1) is 11.7. The van der Waals surface area contributed by atoms with E-state index in [0.29, 0.717) is 0 Å². The molecule has 0 saturated heterocycles. The first-order valence-corrected chi connectivity index (χ1v) is 7.93. The summed E-state index contributed by atoms with van der Waals surface area (Å²) in [6.45, 7) is 0. The fourth-order valence-corrected chi connectivity index (χ4v) is 3.37. The third-order valence-electron chi connectivity index (χ3n) is 4.56. The fraction of sp³-hybridized carbons (Fsp3) is 0.0952. The number of aryl methyl sites for hydroxylation is 1. The molecule has 0 bridgehead atoms. The minimum atomic E-state index is 0. The molecule has 1 aromatic heterocycles. The summed E-state index contributed by atoms with van der Waals surface area (Å²) in [5.74, 6) is 0.856. The summed E-state index contributed by atoms with van der Waals surface area (Å²) < 4.78 is 7.69. The van der Waals surface area contributed by atoms with E-state index in [1.807, 2.05) is 18.2 Å². The molecule has 3 nitrogen and oxygen atoms in total. The Morgan fingerprint density at radius 2 is 1.56 bits per heavy atom. The fourth-order valence-electron chi connectivity index (χ4n) is 3.37. The monoisotopic (exact) mass is 350 g/mol. The number of para-hydroxylation sites is 1. The molecule has 126 valence electrons. The van der Waals surface area contributed by atoms with Crippen molar-refractivity contribution in [3.8, 4) is 17.0 Å². The van der Waals surface area contributed by atoms with Crippen LogP contribution < -0.4 is 27.4 Å². The lowest BCUT2D eigenvalue weighted by atomic mass is 9.99. The van der Waals surface area contributed by atoms with E-state index in [-0.39, 0.29) is 12.4 Å². The molecule has 3 aromatic carbocycles. The molecular weight excluding hydrogens is 332 g/mol. The van der Waals surface area contributed by atoms with Crippen molar-refractivity contribution in [3.63, 3.8) is 0 Å². The number of pyridine rings is 1. The van der Waals surface area contributed by atoms with Crippen LogP contribution >= 0.6 is 0 Å². The van der Waals surface area contributed by atoms with Gasteiger partial charge in [-0.1, -0.05) is 12.1 Å². The van der Waals surface area contributed by atoms with Crippen LogP contribution in [0.3, 0.4) is 0 Å². The van der Waals surface area contributed by atoms with Crippen molar-refractivity contribution in [2.75, 3.05) is 12.8 Å². The number of aromatic nitrogens is 1. The summed E-state index contributed by atoms with van der Waals surface area (Å²) in [4.78, 5) is 0. The number of methoxy groups -OCH3 is 1. The Hall–Kier alpha value is -2.78. The molecule has 4 heteroatoms. The molecule has 0 radical (unpaired) electrons. The predicted molar refractivity (Wildman–Crippen MR) is 99.0 cm³/mol. The largest absolute Gasteiger partial charge is 1.00 e. The van der Waals surface area contributed by atoms with Gasteiger partial charge in [-0.25, -0.2) is 0 Å². The van der Waals surface area contributed by atoms with Gasteiger partial charge in [-0.15, -0.1) is 0 Å². The molecule has 25 heavy (non-hydrogen) atoms. The van der Waals surface area contributed by atoms with E-state index in [9.17, 15) is 0 Å². The zero-order chi connectivity index (χ0) is 16.7. The highest BCUT2D eigenvalue weighted by Gasteiger charge is 2.20. The predicted octanol–water partition coefficient (Wildman–Crippen LogP) is 1.08. The summed E-state index contributed by atoms with van der Waals surface area (Å²) in [6.07, 6.45) is 0. The minimum absolute atomic E-state index is 0. The van der Waals surface area contributed by atoms with Gasteiger partial charge in [0.25, 0.3) is 0 Å². The third-order valence-corrected chi connectivity index (χ3v) is 4.56. The van der Waals surface area contributed by atoms with Gasteiger partial charge in [0.15, 0.2) is 0 Å². The van der Waals surface area contributed by atoms with Gasteiger partial charge in [0, 0.05) is 22.7 Å². The molecule has 0 aliphatic rings. The molecule has 4 rings (SSSR count). The number of nitrogen functional groups attached to an aromatic ring is 1. The number of hydrogen-bond donors (Lipinski definition) is 1. The van der Waals surface area contributed by atoms with E-state index in [1.165, 1.54) is 21.7 Å². The average Bonchev–Trinajstić information content (AvgIpc) is 2.63. The van der Waals surface area contributed by atoms with Crippen LogP contribution in [0.25, 0.3) is 32.9 Å². The van der Waals surface area contributed by atoms with Crippen LogP contribution in [0.4, 0.5) is 5.69 Å². The van der Waals surface area contributed by atoms with Gasteiger partial charge in [-0.2, -0.15) is 4.57 Å². The zero-order valence-electron chi connectivity index (χ0n) is 14.2. The van der Waals surface area contributed by atoms with Gasteiger partial charge in [-0.3, -0.25) is 0 Å². The van der Waals surface area contributed by atoms with Crippen LogP contribution in [0, 0.1) is 0 Å². The Kier molecular flexibility index (Phi) is 4.51. The van der Waals surface area contributed by atoms with Crippen molar-refractivity contribution in [1.82, 2.24) is 0 Å². The summed E-state index contributed by atoms with van der Waals surface area (Å²) >= 11 is 0. The lowest BCUT2D eigenvalue weighted by molar-refractivity contribution is -0.632. The molecule has 0 spiro atoms. The van der Waals surface area contributed by atoms with Crippen molar-refractivity contribution < 1.29 is 21.7 Å². The molecule has 0 saturated carbocycles. The molecule has 0 atom stereocenters. The normalized spacial score (nSPS) is 10.6. The highest BCUT2D eigenvalue weighted by Crippen LogP contribution is 2.33. The van der Waals surface area contributed by atoms with Crippen LogP contribution in [-0.4, -0.2) is 7.11 Å². The number of hydrogen-bond acceptors (Lipinski definition) is 2. The van der Waals surface area contributed by atoms with Gasteiger partial charge in [0.1, 0.15) is 12.8 Å². The Balaban J connectivity index is 0.00000182. The quantitative estimate of drug-likeness (QED) is 0.334. The second-order valence-electron chi connectivity index (χ2n) is 5.96. The van der Waals surface area contributed by atoms with Gasteiger partial charge in [0.2, 0.25) is 11.2 Å². The smallest absolute Gasteiger partial charge is 0.220 e. The number of nitrogens with zero attached hydrogens (tertiary/aromatic N) is 1. The number of ether oxygens (including phenoxy) is 1. The second kappa shape index (κ2) is 6.61. The molecule has 0 aliphatic heterocycles. The van der Waals surface area contributed by atoms with Gasteiger partial charge < -0.3 is 22.9 Å². The molecule has 0 aliphatic carbocycles. The van der Waals surface area contributed by atoms with Crippen molar-refractivity contribution >= 4 is 27.4 Å². The summed E-state index contributed by atoms with van der Waals surface area (Å²) in [5, 5.41) is 3.62. The Bertz CT molecular complexity index is 1060. The number of nitrogens with two attached hydrogens (primary N) is 1. The Labute approximate surface area is 153 Å². The van der Waals surface area contributed by atoms with E-state index in [4.69, 9.17) is 10.5 Å². The molecule has 4 aromatic rings. The van der Waals surface area contributed by atoms with Gasteiger partial charge >= 0.3 is 0 Å². The van der Waals surface area contributed by atoms with Crippen LogP contribution in [0.2, 0.25) is 0 Å². The van der Waals surface area contributed by atoms with Crippen LogP contribution in [0.15, 0.2) is 66.7 Å². The van der Waals surface area contributed by atoms with Crippen molar-refractivity contribution in [3.05, 3.63) is 66.7 Å². The number of anilines is 1. The Morgan fingerprint density at radius 1 is 0.840 bits per heavy atom. The SMILES string of the molecule is COc1ccc2c(c1)c(-c1ccc(N)cc1)[n+](C)c1ccccc21.[Cl-]. The van der Waals surface area contributed by atoms with E-state index >= 15 is 0 Å². The van der Waals surface area contributed by atoms with Crippen molar-refractivity contribution in [1.29, 1.82) is 0 Å². The van der Waals surface area contributed by atoms with Crippen LogP contribution in [0.5, 0.6) is 5.75 Å². The van der Waals surface area contributed by atoms with Crippen LogP contribution in [-0.2, 0) is 7.05 Å². The van der Waals surface area contributed by atoms with Crippen LogP contribution in [0.1, 0.15) is 0 Å². The third kappa shape index (κ3) is 2.77. The van der Waals surface area contributed by atoms with Crippen molar-refractivity contribution in [2.24, 2.45) is 7.05 Å². The second-order valence-corrected chi connectivity index (χ2v) is 5.96. The number of halogens is 1. The van der Waals surface area contributed by atoms with E-state index in [1.54, 1.807) is 7.11 Å². The van der Waals surface area contributed by atoms with Gasteiger partial charge in [-0.05, 0) is 48.5 Å². The summed E-state index contributed by atoms with van der Waals surface area (Å²) in [7, 11) is 3.80. The van der Waals surface area contributed by atoms with Crippen molar-refractivity contribution in [2.45, 2.75) is 0 Å². The molecule has 0 amide bonds. The van der Waals surface area contributed by atoms with Gasteiger partial charge in [0.05, 0.1) is 17.9 Å². The number of benzene rings is 3. The highest BCUT2D eigenvalue weighted by molar-refractivity contribution is 6.09. The molecule has 0 unspecified atom stereocenters. The highest BCUT2D eigenvalue weighted by atomic mass is 35.5. The first-order valence-electron chi connectivity index (χ1n) is 7.93. The minimum Gasteiger partial charge on any atom is -1.00 e. The van der Waals surface area contributed by atoms with E-state index in [0.717, 1.165) is 22.7 Å². The summed E-state index contributed by atoms with van der Waals surface area (Å²) in [6, 6.07) is 22.7. The lowest BCUT2D eigenvalue weighted by Gasteiger charge is -2.11. The molecule has 2 N–H and O–H groups in total. The summed E-state index contributed by atoms with van der Waals surface area (Å²) in [5.41, 5.74) is 10.1. The maximum Gasteiger partial charge on any atom is 0.220 e. The molecular formula is C21H19ClN2O. The Morgan fingerprint density at radius 3 is 2.28 bits per heavy atom. The van der Waals surface area contributed by atoms with E-state index < -0.39 is 0 Å². The lowest BCUT2D eigenvalue weighted by Crippen LogP contribution is -3.00. The maximum atomic E-state index is 5.86. The molecule has 1 heterocycles. The number of fused-ring (bicyclic) bond motifs is 3. The topological polar surface area (TPSA) is 39.1 Å². The van der Waals surface area contributed by atoms with E-state index in [2.05, 4.69) is 60.1 Å². The number of rotatable bonds is 2. The zero-order valence-corrected chi connectivity index (χ0v) is 14.9.